The van der Waals surface area contributed by atoms with Gasteiger partial charge in [-0.05, 0) is 31.4 Å². The van der Waals surface area contributed by atoms with E-state index >= 15 is 0 Å². The molecular weight excluding hydrogens is 242 g/mol. The number of rotatable bonds is 1. The summed E-state index contributed by atoms with van der Waals surface area (Å²) < 4.78 is 2.02. The molecule has 19 heavy (non-hydrogen) atoms. The maximum atomic E-state index is 12.4. The van der Waals surface area contributed by atoms with Crippen molar-refractivity contribution in [2.24, 2.45) is 0 Å². The number of carbonyl (C=O) groups is 1. The zero-order chi connectivity index (χ0) is 13.4. The van der Waals surface area contributed by atoms with Crippen LogP contribution in [0.3, 0.4) is 0 Å². The number of aromatic nitrogens is 1. The number of hydrogen-bond acceptors (Lipinski definition) is 2. The third-order valence-electron chi connectivity index (χ3n) is 3.79. The second-order valence-electron chi connectivity index (χ2n) is 4.94. The van der Waals surface area contributed by atoms with E-state index in [1.807, 2.05) is 16.7 Å². The molecule has 0 atom stereocenters. The first-order chi connectivity index (χ1) is 9.20. The lowest BCUT2D eigenvalue weighted by Crippen LogP contribution is -2.23. The lowest BCUT2D eigenvalue weighted by molar-refractivity contribution is 0.0693. The summed E-state index contributed by atoms with van der Waals surface area (Å²) in [4.78, 5) is 23.8. The molecule has 0 saturated heterocycles. The minimum Gasteiger partial charge on any atom is -0.477 e. The van der Waals surface area contributed by atoms with Gasteiger partial charge in [0.1, 0.15) is 5.56 Å². The molecule has 0 saturated carbocycles. The van der Waals surface area contributed by atoms with Crippen LogP contribution in [-0.2, 0) is 13.0 Å². The van der Waals surface area contributed by atoms with Gasteiger partial charge in [0, 0.05) is 17.6 Å². The highest BCUT2D eigenvalue weighted by molar-refractivity contribution is 5.94. The number of pyridine rings is 1. The average molecular weight is 257 g/mol. The lowest BCUT2D eigenvalue weighted by atomic mass is 10.0. The van der Waals surface area contributed by atoms with E-state index in [9.17, 15) is 14.7 Å². The van der Waals surface area contributed by atoms with Crippen molar-refractivity contribution in [2.75, 3.05) is 0 Å². The standard InChI is InChI=1S/C15H15NO3/c17-14-10-6-3-4-7-11(10)16-9-5-1-2-8-12(16)13(14)15(18)19/h3-4,6-7H,1-2,5,8-9H2,(H,18,19). The summed E-state index contributed by atoms with van der Waals surface area (Å²) in [7, 11) is 0. The van der Waals surface area contributed by atoms with Gasteiger partial charge in [-0.1, -0.05) is 18.6 Å². The van der Waals surface area contributed by atoms with Crippen molar-refractivity contribution in [3.05, 3.63) is 45.7 Å². The van der Waals surface area contributed by atoms with E-state index in [0.717, 1.165) is 31.3 Å². The molecule has 1 N–H and O–H groups in total. The monoisotopic (exact) mass is 257 g/mol. The molecule has 4 heteroatoms. The van der Waals surface area contributed by atoms with Crippen LogP contribution in [0.15, 0.2) is 29.1 Å². The zero-order valence-corrected chi connectivity index (χ0v) is 10.6. The number of benzene rings is 1. The number of hydrogen-bond donors (Lipinski definition) is 1. The van der Waals surface area contributed by atoms with Gasteiger partial charge in [0.15, 0.2) is 0 Å². The molecule has 0 fully saturated rings. The molecule has 2 heterocycles. The number of carboxylic acids is 1. The Morgan fingerprint density at radius 1 is 1.16 bits per heavy atom. The summed E-state index contributed by atoms with van der Waals surface area (Å²) >= 11 is 0. The summed E-state index contributed by atoms with van der Waals surface area (Å²) in [5, 5.41) is 9.86. The predicted molar refractivity (Wildman–Crippen MR) is 72.7 cm³/mol. The quantitative estimate of drug-likeness (QED) is 0.853. The molecular formula is C15H15NO3. The average Bonchev–Trinajstić information content (AvgIpc) is 2.64. The summed E-state index contributed by atoms with van der Waals surface area (Å²) in [5.41, 5.74) is 1.15. The number of aromatic carboxylic acids is 1. The Bertz CT molecular complexity index is 715. The highest BCUT2D eigenvalue weighted by Gasteiger charge is 2.22. The summed E-state index contributed by atoms with van der Waals surface area (Å²) in [6.45, 7) is 0.788. The topological polar surface area (TPSA) is 59.3 Å². The molecule has 0 radical (unpaired) electrons. The predicted octanol–water partition coefficient (Wildman–Crippen LogP) is 2.43. The fraction of sp³-hybridized carbons (Fsp3) is 0.333. The van der Waals surface area contributed by atoms with Gasteiger partial charge in [-0.25, -0.2) is 4.79 Å². The maximum Gasteiger partial charge on any atom is 0.341 e. The Labute approximate surface area is 110 Å². The Morgan fingerprint density at radius 2 is 1.95 bits per heavy atom. The highest BCUT2D eigenvalue weighted by Crippen LogP contribution is 2.22. The van der Waals surface area contributed by atoms with Gasteiger partial charge in [0.25, 0.3) is 0 Å². The molecule has 4 nitrogen and oxygen atoms in total. The largest absolute Gasteiger partial charge is 0.477 e. The Hall–Kier alpha value is -2.10. The summed E-state index contributed by atoms with van der Waals surface area (Å²) in [5.74, 6) is -1.11. The SMILES string of the molecule is O=C(O)c1c2n(c3ccccc3c1=O)CCCCC2. The first kappa shape index (κ1) is 12.0. The molecule has 1 aliphatic rings. The first-order valence-corrected chi connectivity index (χ1v) is 6.58. The van der Waals surface area contributed by atoms with Crippen molar-refractivity contribution in [1.29, 1.82) is 0 Å². The van der Waals surface area contributed by atoms with E-state index in [2.05, 4.69) is 0 Å². The van der Waals surface area contributed by atoms with Crippen LogP contribution in [0.25, 0.3) is 10.9 Å². The van der Waals surface area contributed by atoms with Crippen LogP contribution >= 0.6 is 0 Å². The highest BCUT2D eigenvalue weighted by atomic mass is 16.4. The molecule has 0 unspecified atom stereocenters. The van der Waals surface area contributed by atoms with E-state index in [-0.39, 0.29) is 11.0 Å². The van der Waals surface area contributed by atoms with Crippen LogP contribution < -0.4 is 5.43 Å². The second-order valence-corrected chi connectivity index (χ2v) is 4.94. The van der Waals surface area contributed by atoms with Crippen molar-refractivity contribution in [1.82, 2.24) is 4.57 Å². The van der Waals surface area contributed by atoms with Gasteiger partial charge in [-0.15, -0.1) is 0 Å². The number of aryl methyl sites for hydroxylation is 1. The first-order valence-electron chi connectivity index (χ1n) is 6.58. The van der Waals surface area contributed by atoms with E-state index in [1.54, 1.807) is 12.1 Å². The van der Waals surface area contributed by atoms with Crippen LogP contribution in [0.5, 0.6) is 0 Å². The number of nitrogens with zero attached hydrogens (tertiary/aromatic N) is 1. The molecule has 98 valence electrons. The fourth-order valence-electron chi connectivity index (χ4n) is 2.92. The van der Waals surface area contributed by atoms with Crippen LogP contribution in [0, 0.1) is 0 Å². The van der Waals surface area contributed by atoms with E-state index in [1.165, 1.54) is 0 Å². The lowest BCUT2D eigenvalue weighted by Gasteiger charge is -2.16. The van der Waals surface area contributed by atoms with Crippen molar-refractivity contribution in [3.8, 4) is 0 Å². The Balaban J connectivity index is 2.47. The Morgan fingerprint density at radius 3 is 2.74 bits per heavy atom. The van der Waals surface area contributed by atoms with Gasteiger partial charge < -0.3 is 9.67 Å². The normalized spacial score (nSPS) is 14.9. The van der Waals surface area contributed by atoms with E-state index in [0.29, 0.717) is 17.5 Å². The molecule has 0 amide bonds. The van der Waals surface area contributed by atoms with Crippen molar-refractivity contribution < 1.29 is 9.90 Å². The van der Waals surface area contributed by atoms with Gasteiger partial charge >= 0.3 is 5.97 Å². The molecule has 0 aliphatic carbocycles. The molecule has 1 aromatic carbocycles. The molecule has 1 aliphatic heterocycles. The summed E-state index contributed by atoms with van der Waals surface area (Å²) in [6.07, 6.45) is 3.71. The van der Waals surface area contributed by atoms with E-state index in [4.69, 9.17) is 0 Å². The van der Waals surface area contributed by atoms with Crippen LogP contribution in [0.2, 0.25) is 0 Å². The minimum absolute atomic E-state index is 0.0411. The van der Waals surface area contributed by atoms with Gasteiger partial charge in [0.05, 0.1) is 5.52 Å². The minimum atomic E-state index is -1.11. The molecule has 2 aromatic rings. The molecule has 0 bridgehead atoms. The Kier molecular flexibility index (Phi) is 2.85. The maximum absolute atomic E-state index is 12.4. The number of para-hydroxylation sites is 1. The van der Waals surface area contributed by atoms with Gasteiger partial charge in [-0.2, -0.15) is 0 Å². The van der Waals surface area contributed by atoms with Crippen LogP contribution in [0.4, 0.5) is 0 Å². The van der Waals surface area contributed by atoms with Gasteiger partial charge in [-0.3, -0.25) is 4.79 Å². The fourth-order valence-corrected chi connectivity index (χ4v) is 2.92. The smallest absolute Gasteiger partial charge is 0.341 e. The van der Waals surface area contributed by atoms with Crippen molar-refractivity contribution >= 4 is 16.9 Å². The third kappa shape index (κ3) is 1.84. The van der Waals surface area contributed by atoms with Gasteiger partial charge in [0.2, 0.25) is 5.43 Å². The molecule has 1 aromatic heterocycles. The van der Waals surface area contributed by atoms with Crippen LogP contribution in [0.1, 0.15) is 35.3 Å². The summed E-state index contributed by atoms with van der Waals surface area (Å²) in [6, 6.07) is 7.28. The third-order valence-corrected chi connectivity index (χ3v) is 3.79. The van der Waals surface area contributed by atoms with Crippen molar-refractivity contribution in [2.45, 2.75) is 32.2 Å². The molecule has 3 rings (SSSR count). The van der Waals surface area contributed by atoms with E-state index < -0.39 is 5.97 Å². The number of fused-ring (bicyclic) bond motifs is 3. The van der Waals surface area contributed by atoms with Crippen molar-refractivity contribution in [3.63, 3.8) is 0 Å². The zero-order valence-electron chi connectivity index (χ0n) is 10.6. The number of carboxylic acid groups (broad SMARTS) is 1. The van der Waals surface area contributed by atoms with Crippen LogP contribution in [-0.4, -0.2) is 15.6 Å². The second kappa shape index (κ2) is 4.53. The molecule has 0 spiro atoms.